The first-order valence-electron chi connectivity index (χ1n) is 8.56. The van der Waals surface area contributed by atoms with Gasteiger partial charge in [0.1, 0.15) is 5.01 Å². The van der Waals surface area contributed by atoms with Gasteiger partial charge in [0.15, 0.2) is 0 Å². The summed E-state index contributed by atoms with van der Waals surface area (Å²) in [4.78, 5) is 18.0. The van der Waals surface area contributed by atoms with Gasteiger partial charge >= 0.3 is 0 Å². The SMILES string of the molecule is Cc1ccc(-c2nc(-c3cccc(NC(=O)C4CC4)c3)sc2C)cc1. The largest absolute Gasteiger partial charge is 0.326 e. The Morgan fingerprint density at radius 2 is 1.84 bits per heavy atom. The quantitative estimate of drug-likeness (QED) is 0.682. The third kappa shape index (κ3) is 3.49. The van der Waals surface area contributed by atoms with Crippen molar-refractivity contribution in [2.24, 2.45) is 5.92 Å². The van der Waals surface area contributed by atoms with Gasteiger partial charge in [0.25, 0.3) is 0 Å². The van der Waals surface area contributed by atoms with Gasteiger partial charge in [0.05, 0.1) is 5.69 Å². The van der Waals surface area contributed by atoms with E-state index < -0.39 is 0 Å². The molecule has 25 heavy (non-hydrogen) atoms. The van der Waals surface area contributed by atoms with Crippen molar-refractivity contribution in [2.75, 3.05) is 5.32 Å². The second-order valence-electron chi connectivity index (χ2n) is 6.63. The number of hydrogen-bond acceptors (Lipinski definition) is 3. The molecule has 1 aromatic heterocycles. The van der Waals surface area contributed by atoms with Gasteiger partial charge in [0.2, 0.25) is 5.91 Å². The van der Waals surface area contributed by atoms with Gasteiger partial charge in [-0.25, -0.2) is 4.98 Å². The van der Waals surface area contributed by atoms with Crippen molar-refractivity contribution in [1.82, 2.24) is 4.98 Å². The molecule has 4 heteroatoms. The molecule has 0 aliphatic heterocycles. The highest BCUT2D eigenvalue weighted by Crippen LogP contribution is 2.35. The third-order valence-electron chi connectivity index (χ3n) is 4.45. The number of nitrogens with one attached hydrogen (secondary N) is 1. The molecular weight excluding hydrogens is 328 g/mol. The fourth-order valence-corrected chi connectivity index (χ4v) is 3.75. The highest BCUT2D eigenvalue weighted by atomic mass is 32.1. The van der Waals surface area contributed by atoms with Crippen LogP contribution in [-0.4, -0.2) is 10.9 Å². The molecule has 1 aliphatic carbocycles. The van der Waals surface area contributed by atoms with E-state index in [2.05, 4.69) is 43.4 Å². The Balaban J connectivity index is 1.62. The molecule has 0 bridgehead atoms. The number of nitrogens with zero attached hydrogens (tertiary/aromatic N) is 1. The number of benzene rings is 2. The summed E-state index contributed by atoms with van der Waals surface area (Å²) in [6.07, 6.45) is 2.02. The van der Waals surface area contributed by atoms with Crippen LogP contribution in [0.2, 0.25) is 0 Å². The summed E-state index contributed by atoms with van der Waals surface area (Å²) in [5, 5.41) is 3.99. The molecule has 2 aromatic carbocycles. The molecule has 0 spiro atoms. The third-order valence-corrected chi connectivity index (χ3v) is 5.47. The second kappa shape index (κ2) is 6.45. The van der Waals surface area contributed by atoms with Crippen molar-refractivity contribution < 1.29 is 4.79 Å². The summed E-state index contributed by atoms with van der Waals surface area (Å²) in [5.74, 6) is 0.340. The maximum atomic E-state index is 12.0. The van der Waals surface area contributed by atoms with Gasteiger partial charge in [-0.05, 0) is 38.8 Å². The molecule has 126 valence electrons. The maximum absolute atomic E-state index is 12.0. The first-order chi connectivity index (χ1) is 12.1. The minimum atomic E-state index is 0.132. The lowest BCUT2D eigenvalue weighted by Crippen LogP contribution is -2.13. The molecule has 4 rings (SSSR count). The van der Waals surface area contributed by atoms with Crippen LogP contribution in [0.3, 0.4) is 0 Å². The zero-order chi connectivity index (χ0) is 17.4. The van der Waals surface area contributed by atoms with Crippen molar-refractivity contribution in [3.8, 4) is 21.8 Å². The molecular formula is C21H20N2OS. The van der Waals surface area contributed by atoms with Crippen LogP contribution in [-0.2, 0) is 4.79 Å². The Morgan fingerprint density at radius 3 is 2.56 bits per heavy atom. The monoisotopic (exact) mass is 348 g/mol. The van der Waals surface area contributed by atoms with Gasteiger partial charge < -0.3 is 5.32 Å². The molecule has 0 radical (unpaired) electrons. The molecule has 0 atom stereocenters. The average Bonchev–Trinajstić information content (AvgIpc) is 3.39. The number of anilines is 1. The lowest BCUT2D eigenvalue weighted by molar-refractivity contribution is -0.117. The molecule has 1 saturated carbocycles. The second-order valence-corrected chi connectivity index (χ2v) is 7.84. The first-order valence-corrected chi connectivity index (χ1v) is 9.37. The van der Waals surface area contributed by atoms with E-state index in [0.29, 0.717) is 0 Å². The number of carbonyl (C=O) groups is 1. The van der Waals surface area contributed by atoms with Crippen LogP contribution in [0, 0.1) is 19.8 Å². The van der Waals surface area contributed by atoms with E-state index in [1.54, 1.807) is 11.3 Å². The number of hydrogen-bond donors (Lipinski definition) is 1. The van der Waals surface area contributed by atoms with Gasteiger partial charge in [-0.15, -0.1) is 11.3 Å². The van der Waals surface area contributed by atoms with Crippen LogP contribution in [0.4, 0.5) is 5.69 Å². The van der Waals surface area contributed by atoms with Crippen LogP contribution in [0.25, 0.3) is 21.8 Å². The Kier molecular flexibility index (Phi) is 4.14. The fourth-order valence-electron chi connectivity index (χ4n) is 2.82. The molecule has 1 N–H and O–H groups in total. The average molecular weight is 348 g/mol. The molecule has 1 aliphatic rings. The van der Waals surface area contributed by atoms with E-state index in [9.17, 15) is 4.79 Å². The molecule has 1 amide bonds. The molecule has 3 nitrogen and oxygen atoms in total. The maximum Gasteiger partial charge on any atom is 0.227 e. The normalized spacial score (nSPS) is 13.7. The summed E-state index contributed by atoms with van der Waals surface area (Å²) in [7, 11) is 0. The minimum Gasteiger partial charge on any atom is -0.326 e. The molecule has 3 aromatic rings. The highest BCUT2D eigenvalue weighted by Gasteiger charge is 2.29. The molecule has 1 heterocycles. The Morgan fingerprint density at radius 1 is 1.08 bits per heavy atom. The van der Waals surface area contributed by atoms with E-state index in [1.807, 2.05) is 24.3 Å². The lowest BCUT2D eigenvalue weighted by Gasteiger charge is -2.05. The Hall–Kier alpha value is -2.46. The lowest BCUT2D eigenvalue weighted by atomic mass is 10.1. The van der Waals surface area contributed by atoms with E-state index in [4.69, 9.17) is 4.98 Å². The smallest absolute Gasteiger partial charge is 0.227 e. The topological polar surface area (TPSA) is 42.0 Å². The van der Waals surface area contributed by atoms with E-state index in [0.717, 1.165) is 40.4 Å². The summed E-state index contributed by atoms with van der Waals surface area (Å²) >= 11 is 1.69. The Bertz CT molecular complexity index is 923. The zero-order valence-corrected chi connectivity index (χ0v) is 15.2. The van der Waals surface area contributed by atoms with Gasteiger partial charge in [-0.2, -0.15) is 0 Å². The number of thiazole rings is 1. The van der Waals surface area contributed by atoms with Crippen molar-refractivity contribution in [3.05, 3.63) is 59.0 Å². The van der Waals surface area contributed by atoms with Crippen LogP contribution < -0.4 is 5.32 Å². The number of aryl methyl sites for hydroxylation is 2. The van der Waals surface area contributed by atoms with Gasteiger partial charge in [-0.3, -0.25) is 4.79 Å². The van der Waals surface area contributed by atoms with Crippen molar-refractivity contribution in [1.29, 1.82) is 0 Å². The van der Waals surface area contributed by atoms with Crippen molar-refractivity contribution in [3.63, 3.8) is 0 Å². The van der Waals surface area contributed by atoms with Gasteiger partial charge in [-0.1, -0.05) is 42.0 Å². The number of aromatic nitrogens is 1. The Labute approximate surface area is 151 Å². The van der Waals surface area contributed by atoms with Crippen LogP contribution in [0.15, 0.2) is 48.5 Å². The number of amides is 1. The molecule has 0 saturated heterocycles. The zero-order valence-electron chi connectivity index (χ0n) is 14.4. The standard InChI is InChI=1S/C21H20N2OS/c1-13-6-8-15(9-7-13)19-14(2)25-21(23-19)17-4-3-5-18(12-17)22-20(24)16-10-11-16/h3-9,12,16H,10-11H2,1-2H3,(H,22,24). The fraction of sp³-hybridized carbons (Fsp3) is 0.238. The minimum absolute atomic E-state index is 0.132. The first kappa shape index (κ1) is 16.0. The number of carbonyl (C=O) groups excluding carboxylic acids is 1. The summed E-state index contributed by atoms with van der Waals surface area (Å²) in [6, 6.07) is 16.4. The van der Waals surface area contributed by atoms with E-state index in [1.165, 1.54) is 10.4 Å². The number of rotatable bonds is 4. The van der Waals surface area contributed by atoms with Crippen LogP contribution in [0.5, 0.6) is 0 Å². The van der Waals surface area contributed by atoms with Crippen molar-refractivity contribution >= 4 is 22.9 Å². The van der Waals surface area contributed by atoms with E-state index in [-0.39, 0.29) is 11.8 Å². The predicted octanol–water partition coefficient (Wildman–Crippen LogP) is 5.44. The summed E-state index contributed by atoms with van der Waals surface area (Å²) < 4.78 is 0. The highest BCUT2D eigenvalue weighted by molar-refractivity contribution is 7.15. The predicted molar refractivity (Wildman–Crippen MR) is 104 cm³/mol. The van der Waals surface area contributed by atoms with Crippen LogP contribution >= 0.6 is 11.3 Å². The van der Waals surface area contributed by atoms with E-state index >= 15 is 0 Å². The molecule has 0 unspecified atom stereocenters. The van der Waals surface area contributed by atoms with Crippen molar-refractivity contribution in [2.45, 2.75) is 26.7 Å². The molecule has 1 fully saturated rings. The summed E-state index contributed by atoms with van der Waals surface area (Å²) in [5.41, 5.74) is 5.31. The summed E-state index contributed by atoms with van der Waals surface area (Å²) in [6.45, 7) is 4.19. The van der Waals surface area contributed by atoms with Crippen LogP contribution in [0.1, 0.15) is 23.3 Å². The van der Waals surface area contributed by atoms with Gasteiger partial charge in [0, 0.05) is 27.6 Å².